The van der Waals surface area contributed by atoms with Crippen LogP contribution in [0.1, 0.15) is 5.56 Å². The van der Waals surface area contributed by atoms with Crippen molar-refractivity contribution >= 4 is 38.5 Å². The van der Waals surface area contributed by atoms with Crippen LogP contribution in [0.4, 0.5) is 5.82 Å². The molecule has 0 saturated carbocycles. The molecular weight excluding hydrogens is 306 g/mol. The molecule has 0 fully saturated rings. The number of benzene rings is 3. The lowest BCUT2D eigenvalue weighted by Gasteiger charge is -2.09. The second kappa shape index (κ2) is 5.64. The molecule has 0 saturated heterocycles. The maximum absolute atomic E-state index is 4.88. The van der Waals surface area contributed by atoms with Gasteiger partial charge >= 0.3 is 0 Å². The first-order chi connectivity index (χ1) is 12.4. The summed E-state index contributed by atoms with van der Waals surface area (Å²) in [6, 6.07) is 27.3. The van der Waals surface area contributed by atoms with Crippen LogP contribution in [0.3, 0.4) is 0 Å². The number of nitrogens with one attached hydrogen (secondary N) is 2. The topological polar surface area (TPSA) is 40.7 Å². The van der Waals surface area contributed by atoms with Gasteiger partial charge < -0.3 is 10.3 Å². The molecule has 5 rings (SSSR count). The van der Waals surface area contributed by atoms with E-state index in [1.54, 1.807) is 0 Å². The Labute approximate surface area is 145 Å². The molecule has 0 aliphatic heterocycles. The van der Waals surface area contributed by atoms with Crippen LogP contribution in [0, 0.1) is 0 Å². The Kier molecular flexibility index (Phi) is 3.17. The highest BCUT2D eigenvalue weighted by molar-refractivity contribution is 5.94. The molecule has 0 bridgehead atoms. The highest BCUT2D eigenvalue weighted by atomic mass is 15.0. The van der Waals surface area contributed by atoms with E-state index in [1.165, 1.54) is 21.7 Å². The summed E-state index contributed by atoms with van der Waals surface area (Å²) in [6.07, 6.45) is 0. The van der Waals surface area contributed by atoms with Gasteiger partial charge in [-0.05, 0) is 29.8 Å². The van der Waals surface area contributed by atoms with Crippen LogP contribution < -0.4 is 5.32 Å². The average Bonchev–Trinajstić information content (AvgIpc) is 3.07. The van der Waals surface area contributed by atoms with Crippen molar-refractivity contribution in [1.82, 2.24) is 9.97 Å². The summed E-state index contributed by atoms with van der Waals surface area (Å²) in [7, 11) is 0. The second-order valence-electron chi connectivity index (χ2n) is 6.29. The van der Waals surface area contributed by atoms with Gasteiger partial charge in [-0.15, -0.1) is 0 Å². The van der Waals surface area contributed by atoms with Crippen molar-refractivity contribution in [2.75, 3.05) is 5.32 Å². The summed E-state index contributed by atoms with van der Waals surface area (Å²) in [6.45, 7) is 0.732. The zero-order valence-electron chi connectivity index (χ0n) is 13.7. The van der Waals surface area contributed by atoms with E-state index < -0.39 is 0 Å². The summed E-state index contributed by atoms with van der Waals surface area (Å²) in [5.41, 5.74) is 4.44. The van der Waals surface area contributed by atoms with Crippen LogP contribution in [0.2, 0.25) is 0 Å². The van der Waals surface area contributed by atoms with Crippen molar-refractivity contribution in [1.29, 1.82) is 0 Å². The van der Waals surface area contributed by atoms with E-state index in [0.717, 1.165) is 28.9 Å². The second-order valence-corrected chi connectivity index (χ2v) is 6.29. The molecule has 2 N–H and O–H groups in total. The van der Waals surface area contributed by atoms with E-state index in [4.69, 9.17) is 4.98 Å². The molecular formula is C22H17N3. The van der Waals surface area contributed by atoms with Crippen LogP contribution in [-0.2, 0) is 6.54 Å². The third-order valence-corrected chi connectivity index (χ3v) is 4.63. The number of nitrogens with zero attached hydrogens (tertiary/aromatic N) is 1. The lowest BCUT2D eigenvalue weighted by molar-refractivity contribution is 1.14. The zero-order chi connectivity index (χ0) is 16.6. The number of fused-ring (bicyclic) bond motifs is 3. The van der Waals surface area contributed by atoms with Crippen molar-refractivity contribution in [2.45, 2.75) is 6.54 Å². The molecule has 3 nitrogen and oxygen atoms in total. The fourth-order valence-electron chi connectivity index (χ4n) is 3.37. The SMILES string of the molecule is c1ccc2nc3c(CNc4cc5ccccc5[nH]4)cccc3cc2c1. The fraction of sp³-hybridized carbons (Fsp3) is 0.0455. The first kappa shape index (κ1) is 14.1. The number of pyridine rings is 1. The van der Waals surface area contributed by atoms with Crippen LogP contribution in [0.15, 0.2) is 78.9 Å². The molecule has 0 spiro atoms. The Morgan fingerprint density at radius 2 is 1.56 bits per heavy atom. The van der Waals surface area contributed by atoms with E-state index in [-0.39, 0.29) is 0 Å². The Morgan fingerprint density at radius 1 is 0.760 bits per heavy atom. The Balaban J connectivity index is 1.52. The largest absolute Gasteiger partial charge is 0.367 e. The van der Waals surface area contributed by atoms with Gasteiger partial charge in [0, 0.05) is 28.2 Å². The number of rotatable bonds is 3. The summed E-state index contributed by atoms with van der Waals surface area (Å²) in [5.74, 6) is 1.03. The van der Waals surface area contributed by atoms with E-state index in [9.17, 15) is 0 Å². The molecule has 2 heterocycles. The highest BCUT2D eigenvalue weighted by Crippen LogP contribution is 2.24. The number of aromatic amines is 1. The number of para-hydroxylation sites is 3. The number of aromatic nitrogens is 2. The van der Waals surface area contributed by atoms with Crippen LogP contribution in [-0.4, -0.2) is 9.97 Å². The van der Waals surface area contributed by atoms with Crippen molar-refractivity contribution in [2.24, 2.45) is 0 Å². The quantitative estimate of drug-likeness (QED) is 0.432. The lowest BCUT2D eigenvalue weighted by Crippen LogP contribution is -2.01. The Bertz CT molecular complexity index is 1170. The van der Waals surface area contributed by atoms with Gasteiger partial charge in [0.2, 0.25) is 0 Å². The van der Waals surface area contributed by atoms with Gasteiger partial charge in [0.1, 0.15) is 5.82 Å². The van der Waals surface area contributed by atoms with Gasteiger partial charge in [-0.1, -0.05) is 54.6 Å². The molecule has 25 heavy (non-hydrogen) atoms. The monoisotopic (exact) mass is 323 g/mol. The van der Waals surface area contributed by atoms with Gasteiger partial charge in [0.15, 0.2) is 0 Å². The molecule has 0 aliphatic rings. The lowest BCUT2D eigenvalue weighted by atomic mass is 10.1. The van der Waals surface area contributed by atoms with Gasteiger partial charge in [-0.3, -0.25) is 0 Å². The number of hydrogen-bond donors (Lipinski definition) is 2. The molecule has 0 radical (unpaired) electrons. The molecule has 0 atom stereocenters. The van der Waals surface area contributed by atoms with E-state index in [0.29, 0.717) is 0 Å². The minimum absolute atomic E-state index is 0.732. The van der Waals surface area contributed by atoms with E-state index in [2.05, 4.69) is 77.0 Å². The smallest absolute Gasteiger partial charge is 0.104 e. The molecule has 0 amide bonds. The van der Waals surface area contributed by atoms with E-state index in [1.807, 2.05) is 12.1 Å². The van der Waals surface area contributed by atoms with Crippen LogP contribution in [0.25, 0.3) is 32.7 Å². The summed E-state index contributed by atoms with van der Waals surface area (Å²) in [4.78, 5) is 8.29. The highest BCUT2D eigenvalue weighted by Gasteiger charge is 2.06. The summed E-state index contributed by atoms with van der Waals surface area (Å²) < 4.78 is 0. The van der Waals surface area contributed by atoms with Crippen molar-refractivity contribution in [3.05, 3.63) is 84.4 Å². The molecule has 2 aromatic heterocycles. The van der Waals surface area contributed by atoms with Crippen molar-refractivity contribution in [3.63, 3.8) is 0 Å². The third-order valence-electron chi connectivity index (χ3n) is 4.63. The molecule has 5 aromatic rings. The number of H-pyrrole nitrogens is 1. The van der Waals surface area contributed by atoms with Crippen LogP contribution >= 0.6 is 0 Å². The average molecular weight is 323 g/mol. The summed E-state index contributed by atoms with van der Waals surface area (Å²) in [5, 5.41) is 7.06. The van der Waals surface area contributed by atoms with E-state index >= 15 is 0 Å². The third kappa shape index (κ3) is 2.50. The maximum Gasteiger partial charge on any atom is 0.104 e. The predicted octanol–water partition coefficient (Wildman–Crippen LogP) is 5.48. The first-order valence-electron chi connectivity index (χ1n) is 8.46. The minimum atomic E-state index is 0.732. The van der Waals surface area contributed by atoms with Crippen molar-refractivity contribution in [3.8, 4) is 0 Å². The molecule has 120 valence electrons. The maximum atomic E-state index is 4.88. The Hall–Kier alpha value is -3.33. The summed E-state index contributed by atoms with van der Waals surface area (Å²) >= 11 is 0. The molecule has 3 aromatic carbocycles. The van der Waals surface area contributed by atoms with Gasteiger partial charge in [0.05, 0.1) is 11.0 Å². The fourth-order valence-corrected chi connectivity index (χ4v) is 3.37. The Morgan fingerprint density at radius 3 is 2.48 bits per heavy atom. The van der Waals surface area contributed by atoms with Crippen molar-refractivity contribution < 1.29 is 0 Å². The standard InChI is InChI=1S/C22H17N3/c1-4-11-20-15(6-1)12-17-8-5-9-18(22(17)25-20)14-23-21-13-16-7-2-3-10-19(16)24-21/h1-13,23-24H,14H2. The zero-order valence-corrected chi connectivity index (χ0v) is 13.7. The number of anilines is 1. The minimum Gasteiger partial charge on any atom is -0.367 e. The van der Waals surface area contributed by atoms with Gasteiger partial charge in [-0.25, -0.2) is 4.98 Å². The first-order valence-corrected chi connectivity index (χ1v) is 8.46. The predicted molar refractivity (Wildman–Crippen MR) is 105 cm³/mol. The normalized spacial score (nSPS) is 11.4. The molecule has 0 unspecified atom stereocenters. The van der Waals surface area contributed by atoms with Crippen LogP contribution in [0.5, 0.6) is 0 Å². The molecule has 0 aliphatic carbocycles. The van der Waals surface area contributed by atoms with Gasteiger partial charge in [-0.2, -0.15) is 0 Å². The molecule has 3 heteroatoms. The number of hydrogen-bond acceptors (Lipinski definition) is 2. The van der Waals surface area contributed by atoms with Gasteiger partial charge in [0.25, 0.3) is 0 Å².